The van der Waals surface area contributed by atoms with E-state index in [1.807, 2.05) is 19.9 Å². The molecule has 1 aromatic carbocycles. The predicted octanol–water partition coefficient (Wildman–Crippen LogP) is 3.50. The minimum Gasteiger partial charge on any atom is -0.507 e. The van der Waals surface area contributed by atoms with Crippen LogP contribution in [0.2, 0.25) is 0 Å². The number of nitrogens with zero attached hydrogens (tertiary/aromatic N) is 2. The van der Waals surface area contributed by atoms with Gasteiger partial charge >= 0.3 is 5.97 Å². The van der Waals surface area contributed by atoms with Crippen LogP contribution in [0.1, 0.15) is 42.5 Å². The van der Waals surface area contributed by atoms with E-state index in [9.17, 15) is 9.90 Å². The number of phenols is 1. The average Bonchev–Trinajstić information content (AvgIpc) is 2.37. The lowest BCUT2D eigenvalue weighted by Gasteiger charge is -2.20. The van der Waals surface area contributed by atoms with Crippen LogP contribution in [-0.4, -0.2) is 26.6 Å². The second kappa shape index (κ2) is 6.24. The molecule has 0 unspecified atom stereocenters. The van der Waals surface area contributed by atoms with E-state index in [2.05, 4.69) is 15.3 Å². The number of aryl methyl sites for hydroxylation is 2. The molecule has 0 aliphatic rings. The first-order valence-electron chi connectivity index (χ1n) is 7.30. The number of aromatic nitrogens is 2. The number of anilines is 2. The molecule has 6 heteroatoms. The van der Waals surface area contributed by atoms with Crippen LogP contribution in [0.25, 0.3) is 0 Å². The van der Waals surface area contributed by atoms with Crippen LogP contribution in [0.15, 0.2) is 24.3 Å². The number of carbonyl (C=O) groups excluding carboxylic acids is 1. The number of aromatic hydroxyl groups is 1. The fourth-order valence-corrected chi connectivity index (χ4v) is 2.02. The molecule has 2 N–H and O–H groups in total. The highest BCUT2D eigenvalue weighted by molar-refractivity contribution is 5.94. The predicted molar refractivity (Wildman–Crippen MR) is 88.1 cm³/mol. The summed E-state index contributed by atoms with van der Waals surface area (Å²) in [7, 11) is 0. The van der Waals surface area contributed by atoms with E-state index in [1.54, 1.807) is 26.8 Å². The lowest BCUT2D eigenvalue weighted by molar-refractivity contribution is 0.00669. The first-order chi connectivity index (χ1) is 10.6. The van der Waals surface area contributed by atoms with E-state index in [1.165, 1.54) is 12.1 Å². The topological polar surface area (TPSA) is 84.3 Å². The van der Waals surface area contributed by atoms with Crippen molar-refractivity contribution in [1.82, 2.24) is 9.97 Å². The number of ether oxygens (including phenoxy) is 1. The molecule has 23 heavy (non-hydrogen) atoms. The first kappa shape index (κ1) is 16.7. The molecule has 0 saturated carbocycles. The molecule has 0 atom stereocenters. The van der Waals surface area contributed by atoms with Gasteiger partial charge in [-0.25, -0.2) is 14.8 Å². The molecule has 6 nitrogen and oxygen atoms in total. The van der Waals surface area contributed by atoms with E-state index in [0.717, 1.165) is 11.4 Å². The molecule has 2 aromatic rings. The molecule has 0 saturated heterocycles. The molecule has 2 rings (SSSR count). The van der Waals surface area contributed by atoms with E-state index < -0.39 is 11.6 Å². The summed E-state index contributed by atoms with van der Waals surface area (Å²) >= 11 is 0. The van der Waals surface area contributed by atoms with Gasteiger partial charge in [-0.2, -0.15) is 0 Å². The molecule has 0 radical (unpaired) electrons. The highest BCUT2D eigenvalue weighted by atomic mass is 16.6. The van der Waals surface area contributed by atoms with Crippen LogP contribution in [0, 0.1) is 13.8 Å². The maximum atomic E-state index is 12.2. The molecule has 0 bridgehead atoms. The summed E-state index contributed by atoms with van der Waals surface area (Å²) in [5.74, 6) is -0.283. The zero-order chi connectivity index (χ0) is 17.2. The Morgan fingerprint density at radius 3 is 2.30 bits per heavy atom. The number of phenolic OH excluding ortho intramolecular Hbond substituents is 1. The van der Waals surface area contributed by atoms with Gasteiger partial charge in [-0.1, -0.05) is 0 Å². The zero-order valence-electron chi connectivity index (χ0n) is 14.0. The van der Waals surface area contributed by atoms with Crippen LogP contribution in [0.4, 0.5) is 11.6 Å². The second-order valence-corrected chi connectivity index (χ2v) is 6.33. The Hall–Kier alpha value is -2.63. The molecular formula is C17H21N3O3. The molecule has 1 heterocycles. The van der Waals surface area contributed by atoms with Crippen molar-refractivity contribution in [3.63, 3.8) is 0 Å². The average molecular weight is 315 g/mol. The lowest BCUT2D eigenvalue weighted by atomic mass is 10.1. The Labute approximate surface area is 135 Å². The third-order valence-corrected chi connectivity index (χ3v) is 2.85. The highest BCUT2D eigenvalue weighted by Crippen LogP contribution is 2.25. The van der Waals surface area contributed by atoms with Gasteiger partial charge in [0.25, 0.3) is 0 Å². The van der Waals surface area contributed by atoms with Gasteiger partial charge in [0.15, 0.2) is 0 Å². The second-order valence-electron chi connectivity index (χ2n) is 6.33. The minimum absolute atomic E-state index is 0.0919. The molecule has 122 valence electrons. The minimum atomic E-state index is -0.635. The van der Waals surface area contributed by atoms with Crippen LogP contribution < -0.4 is 5.32 Å². The van der Waals surface area contributed by atoms with Crippen molar-refractivity contribution in [2.75, 3.05) is 5.32 Å². The fraction of sp³-hybridized carbons (Fsp3) is 0.353. The molecule has 0 aliphatic carbocycles. The smallest absolute Gasteiger partial charge is 0.342 e. The maximum Gasteiger partial charge on any atom is 0.342 e. The summed E-state index contributed by atoms with van der Waals surface area (Å²) in [5, 5.41) is 12.9. The highest BCUT2D eigenvalue weighted by Gasteiger charge is 2.21. The van der Waals surface area contributed by atoms with E-state index in [4.69, 9.17) is 4.74 Å². The third-order valence-electron chi connectivity index (χ3n) is 2.85. The van der Waals surface area contributed by atoms with Crippen molar-refractivity contribution in [3.05, 3.63) is 41.2 Å². The number of rotatable bonds is 3. The molecule has 0 aliphatic heterocycles. The van der Waals surface area contributed by atoms with Crippen LogP contribution in [0.5, 0.6) is 5.75 Å². The summed E-state index contributed by atoms with van der Waals surface area (Å²) in [6, 6.07) is 6.47. The number of benzene rings is 1. The fourth-order valence-electron chi connectivity index (χ4n) is 2.02. The monoisotopic (exact) mass is 315 g/mol. The zero-order valence-corrected chi connectivity index (χ0v) is 14.0. The molecule has 0 amide bonds. The lowest BCUT2D eigenvalue weighted by Crippen LogP contribution is -2.24. The summed E-state index contributed by atoms with van der Waals surface area (Å²) < 4.78 is 5.29. The Kier molecular flexibility index (Phi) is 4.54. The summed E-state index contributed by atoms with van der Waals surface area (Å²) in [6.45, 7) is 9.07. The van der Waals surface area contributed by atoms with E-state index in [0.29, 0.717) is 11.6 Å². The van der Waals surface area contributed by atoms with Crippen molar-refractivity contribution in [2.24, 2.45) is 0 Å². The van der Waals surface area contributed by atoms with Crippen LogP contribution >= 0.6 is 0 Å². The van der Waals surface area contributed by atoms with Crippen molar-refractivity contribution >= 4 is 17.6 Å². The number of esters is 1. The largest absolute Gasteiger partial charge is 0.507 e. The van der Waals surface area contributed by atoms with E-state index in [-0.39, 0.29) is 11.3 Å². The van der Waals surface area contributed by atoms with Gasteiger partial charge in [0.05, 0.1) is 0 Å². The molecule has 1 aromatic heterocycles. The standard InChI is InChI=1S/C17H21N3O3/c1-10-8-11(2)19-16(18-10)20-12-6-7-14(21)13(9-12)15(22)23-17(3,4)5/h6-9,21H,1-5H3,(H,18,19,20). The maximum absolute atomic E-state index is 12.2. The summed E-state index contributed by atoms with van der Waals surface area (Å²) in [5.41, 5.74) is 1.73. The Morgan fingerprint density at radius 1 is 1.13 bits per heavy atom. The van der Waals surface area contributed by atoms with Crippen molar-refractivity contribution in [2.45, 2.75) is 40.2 Å². The van der Waals surface area contributed by atoms with E-state index >= 15 is 0 Å². The van der Waals surface area contributed by atoms with Crippen LogP contribution in [0.3, 0.4) is 0 Å². The normalized spacial score (nSPS) is 11.2. The SMILES string of the molecule is Cc1cc(C)nc(Nc2ccc(O)c(C(=O)OC(C)(C)C)c2)n1. The molecular weight excluding hydrogens is 294 g/mol. The van der Waals surface area contributed by atoms with Gasteiger partial charge in [0.1, 0.15) is 16.9 Å². The molecule has 0 fully saturated rings. The van der Waals surface area contributed by atoms with Gasteiger partial charge in [-0.05, 0) is 58.9 Å². The number of hydrogen-bond acceptors (Lipinski definition) is 6. The van der Waals surface area contributed by atoms with Gasteiger partial charge in [-0.3, -0.25) is 0 Å². The Morgan fingerprint density at radius 2 is 1.74 bits per heavy atom. The molecule has 0 spiro atoms. The number of hydrogen-bond donors (Lipinski definition) is 2. The van der Waals surface area contributed by atoms with Crippen molar-refractivity contribution < 1.29 is 14.6 Å². The first-order valence-corrected chi connectivity index (χ1v) is 7.30. The summed E-state index contributed by atoms with van der Waals surface area (Å²) in [6.07, 6.45) is 0. The van der Waals surface area contributed by atoms with Gasteiger partial charge in [0, 0.05) is 17.1 Å². The van der Waals surface area contributed by atoms with Gasteiger partial charge in [-0.15, -0.1) is 0 Å². The van der Waals surface area contributed by atoms with Gasteiger partial charge in [0.2, 0.25) is 5.95 Å². The van der Waals surface area contributed by atoms with Crippen LogP contribution in [-0.2, 0) is 4.74 Å². The Bertz CT molecular complexity index is 716. The number of nitrogens with one attached hydrogen (secondary N) is 1. The number of carbonyl (C=O) groups is 1. The summed E-state index contributed by atoms with van der Waals surface area (Å²) in [4.78, 5) is 20.7. The third kappa shape index (κ3) is 4.67. The van der Waals surface area contributed by atoms with Crippen molar-refractivity contribution in [3.8, 4) is 5.75 Å². The quantitative estimate of drug-likeness (QED) is 0.666. The Balaban J connectivity index is 2.28. The van der Waals surface area contributed by atoms with Gasteiger partial charge < -0.3 is 15.2 Å². The van der Waals surface area contributed by atoms with Crippen molar-refractivity contribution in [1.29, 1.82) is 0 Å².